The summed E-state index contributed by atoms with van der Waals surface area (Å²) in [7, 11) is 0. The lowest BCUT2D eigenvalue weighted by atomic mass is 10.2. The van der Waals surface area contributed by atoms with E-state index >= 15 is 0 Å². The quantitative estimate of drug-likeness (QED) is 0.901. The number of benzene rings is 1. The molecule has 2 rings (SSSR count). The first-order chi connectivity index (χ1) is 9.11. The molecule has 0 radical (unpaired) electrons. The third-order valence-corrected chi connectivity index (χ3v) is 3.18. The molecule has 1 amide bonds. The van der Waals surface area contributed by atoms with Gasteiger partial charge in [0, 0.05) is 24.2 Å². The van der Waals surface area contributed by atoms with Crippen LogP contribution in [0.3, 0.4) is 0 Å². The van der Waals surface area contributed by atoms with Crippen LogP contribution in [-0.2, 0) is 6.54 Å². The maximum absolute atomic E-state index is 12.3. The number of carbonyl (C=O) groups is 1. The molecule has 0 aliphatic rings. The summed E-state index contributed by atoms with van der Waals surface area (Å²) in [6, 6.07) is 8.99. The summed E-state index contributed by atoms with van der Waals surface area (Å²) in [4.78, 5) is 13.9. The first-order valence-electron chi connectivity index (χ1n) is 5.95. The van der Waals surface area contributed by atoms with Gasteiger partial charge >= 0.3 is 0 Å². The summed E-state index contributed by atoms with van der Waals surface area (Å²) in [5.74, 6) is 0.156. The van der Waals surface area contributed by atoms with Crippen molar-refractivity contribution in [1.82, 2.24) is 15.1 Å². The van der Waals surface area contributed by atoms with Gasteiger partial charge in [0.05, 0.1) is 0 Å². The molecule has 1 aromatic carbocycles. The van der Waals surface area contributed by atoms with E-state index in [2.05, 4.69) is 10.2 Å². The Morgan fingerprint density at radius 1 is 1.47 bits per heavy atom. The molecule has 0 saturated carbocycles. The van der Waals surface area contributed by atoms with E-state index in [4.69, 9.17) is 17.3 Å². The molecule has 0 unspecified atom stereocenters. The van der Waals surface area contributed by atoms with Gasteiger partial charge in [-0.05, 0) is 18.6 Å². The molecule has 2 aromatic rings. The second-order valence-corrected chi connectivity index (χ2v) is 4.52. The molecule has 0 aliphatic heterocycles. The van der Waals surface area contributed by atoms with Crippen molar-refractivity contribution in [2.45, 2.75) is 13.5 Å². The molecule has 0 saturated heterocycles. The first kappa shape index (κ1) is 13.4. The number of nitrogen functional groups attached to an aromatic ring is 1. The Labute approximate surface area is 116 Å². The van der Waals surface area contributed by atoms with Crippen molar-refractivity contribution in [3.8, 4) is 0 Å². The molecule has 0 atom stereocenters. The minimum Gasteiger partial charge on any atom is -0.382 e. The van der Waals surface area contributed by atoms with Gasteiger partial charge < -0.3 is 10.6 Å². The molecule has 6 heteroatoms. The number of amides is 1. The van der Waals surface area contributed by atoms with Crippen molar-refractivity contribution in [1.29, 1.82) is 0 Å². The molecule has 1 aromatic heterocycles. The van der Waals surface area contributed by atoms with Crippen LogP contribution in [0, 0.1) is 0 Å². The van der Waals surface area contributed by atoms with Crippen LogP contribution in [0.4, 0.5) is 5.82 Å². The fraction of sp³-hybridized carbons (Fsp3) is 0.231. The Balaban J connectivity index is 2.17. The lowest BCUT2D eigenvalue weighted by Gasteiger charge is -2.20. The molecule has 3 N–H and O–H groups in total. The normalized spacial score (nSPS) is 10.4. The van der Waals surface area contributed by atoms with Crippen LogP contribution < -0.4 is 5.73 Å². The minimum atomic E-state index is -0.147. The monoisotopic (exact) mass is 278 g/mol. The predicted molar refractivity (Wildman–Crippen MR) is 74.9 cm³/mol. The molecule has 19 heavy (non-hydrogen) atoms. The molecule has 1 heterocycles. The number of hydrogen-bond acceptors (Lipinski definition) is 3. The third kappa shape index (κ3) is 3.06. The van der Waals surface area contributed by atoms with E-state index in [0.717, 1.165) is 5.56 Å². The highest BCUT2D eigenvalue weighted by molar-refractivity contribution is 6.31. The number of H-pyrrole nitrogens is 1. The Bertz CT molecular complexity index is 582. The number of nitrogens with zero attached hydrogens (tertiary/aromatic N) is 2. The lowest BCUT2D eigenvalue weighted by molar-refractivity contribution is 0.0746. The van der Waals surface area contributed by atoms with Gasteiger partial charge in [0.2, 0.25) is 0 Å². The van der Waals surface area contributed by atoms with Crippen molar-refractivity contribution in [2.24, 2.45) is 0 Å². The van der Waals surface area contributed by atoms with Crippen molar-refractivity contribution in [3.63, 3.8) is 0 Å². The highest BCUT2D eigenvalue weighted by atomic mass is 35.5. The zero-order chi connectivity index (χ0) is 13.8. The van der Waals surface area contributed by atoms with Crippen LogP contribution in [-0.4, -0.2) is 27.5 Å². The summed E-state index contributed by atoms with van der Waals surface area (Å²) in [6.45, 7) is 2.94. The Kier molecular flexibility index (Phi) is 4.06. The topological polar surface area (TPSA) is 75.0 Å². The summed E-state index contributed by atoms with van der Waals surface area (Å²) in [5.41, 5.74) is 6.79. The zero-order valence-corrected chi connectivity index (χ0v) is 11.3. The fourth-order valence-electron chi connectivity index (χ4n) is 1.78. The SMILES string of the molecule is CCN(Cc1ccccc1Cl)C(=O)c1cc(N)n[nH]1. The van der Waals surface area contributed by atoms with Crippen LogP contribution in [0.2, 0.25) is 5.02 Å². The smallest absolute Gasteiger partial charge is 0.272 e. The highest BCUT2D eigenvalue weighted by Crippen LogP contribution is 2.18. The van der Waals surface area contributed by atoms with Gasteiger partial charge in [-0.3, -0.25) is 9.89 Å². The largest absolute Gasteiger partial charge is 0.382 e. The number of hydrogen-bond donors (Lipinski definition) is 2. The minimum absolute atomic E-state index is 0.147. The van der Waals surface area contributed by atoms with E-state index in [1.807, 2.05) is 31.2 Å². The molecule has 5 nitrogen and oxygen atoms in total. The lowest BCUT2D eigenvalue weighted by Crippen LogP contribution is -2.30. The second-order valence-electron chi connectivity index (χ2n) is 4.12. The number of nitrogens with two attached hydrogens (primary N) is 1. The van der Waals surface area contributed by atoms with Gasteiger partial charge in [-0.15, -0.1) is 0 Å². The highest BCUT2D eigenvalue weighted by Gasteiger charge is 2.17. The van der Waals surface area contributed by atoms with Gasteiger partial charge in [-0.1, -0.05) is 29.8 Å². The number of anilines is 1. The van der Waals surface area contributed by atoms with Crippen molar-refractivity contribution >= 4 is 23.3 Å². The van der Waals surface area contributed by atoms with E-state index in [1.165, 1.54) is 6.07 Å². The molecular weight excluding hydrogens is 264 g/mol. The number of nitrogens with one attached hydrogen (secondary N) is 1. The number of aromatic amines is 1. The zero-order valence-electron chi connectivity index (χ0n) is 10.6. The molecule has 0 spiro atoms. The molecule has 0 fully saturated rings. The van der Waals surface area contributed by atoms with Gasteiger partial charge in [-0.2, -0.15) is 5.10 Å². The average molecular weight is 279 g/mol. The van der Waals surface area contributed by atoms with Gasteiger partial charge in [-0.25, -0.2) is 0 Å². The van der Waals surface area contributed by atoms with E-state index in [0.29, 0.717) is 29.6 Å². The van der Waals surface area contributed by atoms with Crippen LogP contribution in [0.25, 0.3) is 0 Å². The van der Waals surface area contributed by atoms with Crippen molar-refractivity contribution in [3.05, 3.63) is 46.6 Å². The summed E-state index contributed by atoms with van der Waals surface area (Å²) in [6.07, 6.45) is 0. The Hall–Kier alpha value is -2.01. The maximum Gasteiger partial charge on any atom is 0.272 e. The number of aromatic nitrogens is 2. The first-order valence-corrected chi connectivity index (χ1v) is 6.33. The maximum atomic E-state index is 12.3. The van der Waals surface area contributed by atoms with E-state index < -0.39 is 0 Å². The van der Waals surface area contributed by atoms with E-state index in [9.17, 15) is 4.79 Å². The van der Waals surface area contributed by atoms with Crippen LogP contribution in [0.5, 0.6) is 0 Å². The van der Waals surface area contributed by atoms with Crippen LogP contribution in [0.1, 0.15) is 23.0 Å². The third-order valence-electron chi connectivity index (χ3n) is 2.82. The van der Waals surface area contributed by atoms with Gasteiger partial charge in [0.25, 0.3) is 5.91 Å². The number of halogens is 1. The van der Waals surface area contributed by atoms with Crippen molar-refractivity contribution in [2.75, 3.05) is 12.3 Å². The van der Waals surface area contributed by atoms with E-state index in [-0.39, 0.29) is 5.91 Å². The summed E-state index contributed by atoms with van der Waals surface area (Å²) >= 11 is 6.10. The average Bonchev–Trinajstić information content (AvgIpc) is 2.84. The number of rotatable bonds is 4. The van der Waals surface area contributed by atoms with Gasteiger partial charge in [0.1, 0.15) is 11.5 Å². The standard InChI is InChI=1S/C13H15ClN4O/c1-2-18(8-9-5-3-4-6-10(9)14)13(19)11-7-12(15)17-16-11/h3-7H,2,8H2,1H3,(H3,15,16,17). The molecule has 0 aliphatic carbocycles. The number of carbonyl (C=O) groups excluding carboxylic acids is 1. The molecular formula is C13H15ClN4O. The van der Waals surface area contributed by atoms with Crippen molar-refractivity contribution < 1.29 is 4.79 Å². The summed E-state index contributed by atoms with van der Waals surface area (Å²) in [5, 5.41) is 7.03. The summed E-state index contributed by atoms with van der Waals surface area (Å²) < 4.78 is 0. The Morgan fingerprint density at radius 3 is 2.79 bits per heavy atom. The second kappa shape index (κ2) is 5.75. The van der Waals surface area contributed by atoms with Crippen LogP contribution in [0.15, 0.2) is 30.3 Å². The van der Waals surface area contributed by atoms with Gasteiger partial charge in [0.15, 0.2) is 0 Å². The van der Waals surface area contributed by atoms with Crippen LogP contribution >= 0.6 is 11.6 Å². The van der Waals surface area contributed by atoms with E-state index in [1.54, 1.807) is 4.90 Å². The predicted octanol–water partition coefficient (Wildman–Crippen LogP) is 2.31. The Morgan fingerprint density at radius 2 is 2.21 bits per heavy atom. The molecule has 0 bridgehead atoms. The molecule has 100 valence electrons. The fourth-order valence-corrected chi connectivity index (χ4v) is 1.97.